The minimum Gasteiger partial charge on any atom is -0.374 e. The first kappa shape index (κ1) is 16.5. The van der Waals surface area contributed by atoms with Crippen LogP contribution in [0.3, 0.4) is 0 Å². The van der Waals surface area contributed by atoms with Crippen molar-refractivity contribution >= 4 is 11.6 Å². The van der Waals surface area contributed by atoms with Gasteiger partial charge in [-0.1, -0.05) is 26.0 Å². The molecule has 4 heteroatoms. The van der Waals surface area contributed by atoms with Crippen molar-refractivity contribution < 1.29 is 4.79 Å². The molecule has 0 aromatic heterocycles. The van der Waals surface area contributed by atoms with Crippen LogP contribution in [-0.2, 0) is 11.3 Å². The summed E-state index contributed by atoms with van der Waals surface area (Å²) >= 11 is 0. The van der Waals surface area contributed by atoms with Gasteiger partial charge in [0.05, 0.1) is 5.92 Å². The van der Waals surface area contributed by atoms with Gasteiger partial charge in [0.2, 0.25) is 5.91 Å². The largest absolute Gasteiger partial charge is 0.374 e. The Morgan fingerprint density at radius 1 is 1.40 bits per heavy atom. The topological polar surface area (TPSA) is 44.4 Å². The van der Waals surface area contributed by atoms with Crippen LogP contribution in [0.5, 0.6) is 0 Å². The van der Waals surface area contributed by atoms with E-state index in [9.17, 15) is 4.79 Å². The van der Waals surface area contributed by atoms with Crippen molar-refractivity contribution in [2.45, 2.75) is 27.3 Å². The lowest BCUT2D eigenvalue weighted by atomic mass is 10.1. The molecule has 0 bridgehead atoms. The fourth-order valence-corrected chi connectivity index (χ4v) is 2.36. The molecule has 0 aliphatic rings. The Bertz CT molecular complexity index is 445. The Morgan fingerprint density at radius 2 is 2.10 bits per heavy atom. The van der Waals surface area contributed by atoms with Crippen molar-refractivity contribution in [2.24, 2.45) is 5.92 Å². The summed E-state index contributed by atoms with van der Waals surface area (Å²) in [6.45, 7) is 8.76. The average Bonchev–Trinajstić information content (AvgIpc) is 2.43. The summed E-state index contributed by atoms with van der Waals surface area (Å²) in [6, 6.07) is 6.49. The van der Waals surface area contributed by atoms with E-state index in [0.29, 0.717) is 6.54 Å². The highest BCUT2D eigenvalue weighted by Crippen LogP contribution is 2.21. The number of hydrogen-bond acceptors (Lipinski definition) is 3. The van der Waals surface area contributed by atoms with Crippen molar-refractivity contribution in [1.29, 1.82) is 0 Å². The first-order chi connectivity index (χ1) is 9.49. The van der Waals surface area contributed by atoms with Crippen LogP contribution in [0.25, 0.3) is 0 Å². The fraction of sp³-hybridized carbons (Fsp3) is 0.562. The molecule has 0 fully saturated rings. The van der Waals surface area contributed by atoms with E-state index >= 15 is 0 Å². The predicted molar refractivity (Wildman–Crippen MR) is 85.1 cm³/mol. The van der Waals surface area contributed by atoms with E-state index in [1.165, 1.54) is 16.8 Å². The maximum atomic E-state index is 11.6. The molecule has 1 unspecified atom stereocenters. The maximum Gasteiger partial charge on any atom is 0.224 e. The van der Waals surface area contributed by atoms with Crippen molar-refractivity contribution in [3.63, 3.8) is 0 Å². The summed E-state index contributed by atoms with van der Waals surface area (Å²) in [5, 5.41) is 6.02. The molecule has 2 N–H and O–H groups in total. The Labute approximate surface area is 122 Å². The molecule has 20 heavy (non-hydrogen) atoms. The third-order valence-corrected chi connectivity index (χ3v) is 3.49. The van der Waals surface area contributed by atoms with Crippen LogP contribution < -0.4 is 15.5 Å². The van der Waals surface area contributed by atoms with E-state index < -0.39 is 0 Å². The number of hydrogen-bond donors (Lipinski definition) is 2. The van der Waals surface area contributed by atoms with Gasteiger partial charge in [0.15, 0.2) is 0 Å². The van der Waals surface area contributed by atoms with Gasteiger partial charge in [0.25, 0.3) is 0 Å². The molecule has 0 spiro atoms. The molecule has 1 rings (SSSR count). The zero-order chi connectivity index (χ0) is 15.1. The second kappa shape index (κ2) is 7.90. The molecule has 0 aliphatic heterocycles. The van der Waals surface area contributed by atoms with Crippen LogP contribution in [0.2, 0.25) is 0 Å². The smallest absolute Gasteiger partial charge is 0.224 e. The van der Waals surface area contributed by atoms with Crippen LogP contribution in [0.4, 0.5) is 5.69 Å². The van der Waals surface area contributed by atoms with E-state index in [0.717, 1.165) is 13.1 Å². The van der Waals surface area contributed by atoms with Gasteiger partial charge in [-0.25, -0.2) is 0 Å². The van der Waals surface area contributed by atoms with E-state index in [-0.39, 0.29) is 11.8 Å². The molecule has 0 saturated heterocycles. The molecule has 4 nitrogen and oxygen atoms in total. The van der Waals surface area contributed by atoms with Crippen molar-refractivity contribution in [3.8, 4) is 0 Å². The van der Waals surface area contributed by atoms with Gasteiger partial charge in [-0.2, -0.15) is 0 Å². The molecular weight excluding hydrogens is 250 g/mol. The van der Waals surface area contributed by atoms with Crippen molar-refractivity contribution in [2.75, 3.05) is 32.1 Å². The summed E-state index contributed by atoms with van der Waals surface area (Å²) in [4.78, 5) is 13.7. The molecule has 1 atom stereocenters. The summed E-state index contributed by atoms with van der Waals surface area (Å²) < 4.78 is 0. The van der Waals surface area contributed by atoms with Crippen LogP contribution in [0.1, 0.15) is 25.0 Å². The highest BCUT2D eigenvalue weighted by Gasteiger charge is 2.15. The van der Waals surface area contributed by atoms with Crippen molar-refractivity contribution in [3.05, 3.63) is 29.3 Å². The number of benzene rings is 1. The van der Waals surface area contributed by atoms with Gasteiger partial charge in [-0.15, -0.1) is 0 Å². The number of rotatable bonds is 7. The van der Waals surface area contributed by atoms with Gasteiger partial charge in [0.1, 0.15) is 0 Å². The molecule has 0 radical (unpaired) electrons. The monoisotopic (exact) mass is 277 g/mol. The lowest BCUT2D eigenvalue weighted by Crippen LogP contribution is -2.34. The molecule has 1 aromatic carbocycles. The Hall–Kier alpha value is -1.55. The minimum absolute atomic E-state index is 0.0224. The number of anilines is 1. The second-order valence-electron chi connectivity index (χ2n) is 5.30. The lowest BCUT2D eigenvalue weighted by molar-refractivity contribution is -0.123. The predicted octanol–water partition coefficient (Wildman–Crippen LogP) is 1.92. The van der Waals surface area contributed by atoms with Crippen LogP contribution in [-0.4, -0.2) is 33.1 Å². The van der Waals surface area contributed by atoms with E-state index in [2.05, 4.69) is 47.6 Å². The number of carbonyl (C=O) groups is 1. The zero-order valence-electron chi connectivity index (χ0n) is 13.3. The lowest BCUT2D eigenvalue weighted by Gasteiger charge is -2.24. The molecule has 1 aromatic rings. The molecule has 0 heterocycles. The summed E-state index contributed by atoms with van der Waals surface area (Å²) in [7, 11) is 3.71. The zero-order valence-corrected chi connectivity index (χ0v) is 13.3. The third kappa shape index (κ3) is 4.53. The van der Waals surface area contributed by atoms with Gasteiger partial charge >= 0.3 is 0 Å². The van der Waals surface area contributed by atoms with Gasteiger partial charge < -0.3 is 15.5 Å². The van der Waals surface area contributed by atoms with Crippen molar-refractivity contribution in [1.82, 2.24) is 10.6 Å². The quantitative estimate of drug-likeness (QED) is 0.800. The Kier molecular flexibility index (Phi) is 6.52. The highest BCUT2D eigenvalue weighted by molar-refractivity contribution is 5.78. The van der Waals surface area contributed by atoms with Gasteiger partial charge in [-0.3, -0.25) is 4.79 Å². The molecular formula is C16H27N3O. The molecule has 0 saturated carbocycles. The fourth-order valence-electron chi connectivity index (χ4n) is 2.36. The molecule has 0 aliphatic carbocycles. The van der Waals surface area contributed by atoms with E-state index in [4.69, 9.17) is 0 Å². The van der Waals surface area contributed by atoms with Gasteiger partial charge in [-0.05, 0) is 30.7 Å². The third-order valence-electron chi connectivity index (χ3n) is 3.49. The van der Waals surface area contributed by atoms with Crippen LogP contribution >= 0.6 is 0 Å². The number of carbonyl (C=O) groups excluding carboxylic acids is 1. The molecule has 112 valence electrons. The van der Waals surface area contributed by atoms with Crippen LogP contribution in [0.15, 0.2) is 18.2 Å². The first-order valence-corrected chi connectivity index (χ1v) is 7.22. The first-order valence-electron chi connectivity index (χ1n) is 7.22. The number of nitrogens with one attached hydrogen (secondary N) is 2. The van der Waals surface area contributed by atoms with Crippen LogP contribution in [0, 0.1) is 12.8 Å². The van der Waals surface area contributed by atoms with E-state index in [1.54, 1.807) is 7.05 Å². The average molecular weight is 277 g/mol. The highest BCUT2D eigenvalue weighted by atomic mass is 16.1. The summed E-state index contributed by atoms with van der Waals surface area (Å²) in [5.41, 5.74) is 3.72. The minimum atomic E-state index is -0.0224. The standard InChI is InChI=1S/C16H27N3O/c1-6-18-10-14-7-8-15(12(2)9-14)19(5)11-13(3)16(20)17-4/h7-9,13,18H,6,10-11H2,1-5H3,(H,17,20). The van der Waals surface area contributed by atoms with Gasteiger partial charge in [0, 0.05) is 32.9 Å². The maximum absolute atomic E-state index is 11.6. The van der Waals surface area contributed by atoms with E-state index in [1.807, 2.05) is 14.0 Å². The second-order valence-corrected chi connectivity index (χ2v) is 5.30. The Balaban J connectivity index is 2.73. The Morgan fingerprint density at radius 3 is 2.65 bits per heavy atom. The number of amides is 1. The number of aryl methyl sites for hydroxylation is 1. The summed E-state index contributed by atoms with van der Waals surface area (Å²) in [6.07, 6.45) is 0. The normalized spacial score (nSPS) is 12.1. The molecule has 1 amide bonds. The number of nitrogens with zero attached hydrogens (tertiary/aromatic N) is 1. The summed E-state index contributed by atoms with van der Waals surface area (Å²) in [5.74, 6) is 0.0594. The SMILES string of the molecule is CCNCc1ccc(N(C)CC(C)C(=O)NC)c(C)c1.